The summed E-state index contributed by atoms with van der Waals surface area (Å²) in [6.07, 6.45) is 1.75. The quantitative estimate of drug-likeness (QED) is 0.390. The van der Waals surface area contributed by atoms with Crippen molar-refractivity contribution in [3.8, 4) is 0 Å². The lowest BCUT2D eigenvalue weighted by Crippen LogP contribution is -1.07. The van der Waals surface area contributed by atoms with Gasteiger partial charge < -0.3 is 0 Å². The van der Waals surface area contributed by atoms with Crippen LogP contribution in [-0.4, -0.2) is 0 Å². The van der Waals surface area contributed by atoms with Crippen LogP contribution in [0.2, 0.25) is 0 Å². The fraction of sp³-hybridized carbons (Fsp3) is 0.619. The first-order valence-electron chi connectivity index (χ1n) is 8.49. The van der Waals surface area contributed by atoms with Crippen molar-refractivity contribution in [3.63, 3.8) is 0 Å². The largest absolute Gasteiger partial charge is 0.106 e. The van der Waals surface area contributed by atoms with E-state index in [1.165, 1.54) is 0 Å². The summed E-state index contributed by atoms with van der Waals surface area (Å²) in [7, 11) is 0. The van der Waals surface area contributed by atoms with Gasteiger partial charge in [-0.2, -0.15) is 0 Å². The van der Waals surface area contributed by atoms with E-state index in [2.05, 4.69) is 46.1 Å². The monoisotopic (exact) mass is 306 g/mol. The lowest BCUT2D eigenvalue weighted by atomic mass is 10.8. The number of rotatable bonds is 0. The Morgan fingerprint density at radius 1 is 0.381 bits per heavy atom. The van der Waals surface area contributed by atoms with E-state index in [4.69, 9.17) is 0 Å². The summed E-state index contributed by atoms with van der Waals surface area (Å²) < 4.78 is 0. The highest BCUT2D eigenvalue weighted by molar-refractivity contribution is 4.51. The van der Waals surface area contributed by atoms with Gasteiger partial charge in [0.05, 0.1) is 0 Å². The molecule has 0 atom stereocenters. The molecule has 0 bridgehead atoms. The standard InChI is InChI=1S/C3H6.6C2H6.3C2H4/c1-3-2;9*1-2/h3H,1H2,2H3;6*1-2H3;3*1-2H2. The molecular weight excluding hydrogens is 252 g/mol. The zero-order valence-electron chi connectivity index (χ0n) is 18.5. The highest BCUT2D eigenvalue weighted by atomic mass is 13.2. The van der Waals surface area contributed by atoms with Crippen LogP contribution in [0.3, 0.4) is 0 Å². The van der Waals surface area contributed by atoms with Crippen molar-refractivity contribution in [1.29, 1.82) is 0 Å². The second-order valence-electron chi connectivity index (χ2n) is 0.408. The Morgan fingerprint density at radius 2 is 0.381 bits per heavy atom. The maximum Gasteiger partial charge on any atom is -0.0473 e. The van der Waals surface area contributed by atoms with Gasteiger partial charge in [-0.3, -0.25) is 0 Å². The molecule has 0 aliphatic rings. The minimum absolute atomic E-state index is 1.75. The smallest absolute Gasteiger partial charge is 0.0473 e. The normalized spacial score (nSPS) is 2.90. The van der Waals surface area contributed by atoms with Gasteiger partial charge in [-0.25, -0.2) is 0 Å². The molecule has 0 rings (SSSR count). The van der Waals surface area contributed by atoms with Gasteiger partial charge in [0.2, 0.25) is 0 Å². The van der Waals surface area contributed by atoms with Crippen LogP contribution >= 0.6 is 0 Å². The third-order valence-corrected chi connectivity index (χ3v) is 0. The molecule has 0 spiro atoms. The van der Waals surface area contributed by atoms with Crippen molar-refractivity contribution in [2.24, 2.45) is 0 Å². The first-order chi connectivity index (χ1) is 10.4. The molecule has 0 heterocycles. The van der Waals surface area contributed by atoms with Crippen LogP contribution in [0.5, 0.6) is 0 Å². The van der Waals surface area contributed by atoms with Gasteiger partial charge in [0.25, 0.3) is 0 Å². The highest BCUT2D eigenvalue weighted by Gasteiger charge is 1.15. The molecule has 0 N–H and O–H groups in total. The summed E-state index contributed by atoms with van der Waals surface area (Å²) in [5, 5.41) is 0. The predicted molar refractivity (Wildman–Crippen MR) is 118 cm³/mol. The van der Waals surface area contributed by atoms with E-state index in [1.54, 1.807) is 6.08 Å². The Morgan fingerprint density at radius 3 is 0.381 bits per heavy atom. The molecule has 0 aromatic rings. The van der Waals surface area contributed by atoms with Gasteiger partial charge >= 0.3 is 0 Å². The topological polar surface area (TPSA) is 0 Å². The molecule has 0 saturated carbocycles. The molecule has 0 fully saturated rings. The second-order valence-corrected chi connectivity index (χ2v) is 0.408. The molecule has 0 amide bonds. The van der Waals surface area contributed by atoms with E-state index < -0.39 is 0 Å². The van der Waals surface area contributed by atoms with E-state index in [1.807, 2.05) is 90.0 Å². The summed E-state index contributed by atoms with van der Waals surface area (Å²) in [6, 6.07) is 0. The van der Waals surface area contributed by atoms with E-state index in [-0.39, 0.29) is 0 Å². The van der Waals surface area contributed by atoms with Gasteiger partial charge in [-0.15, -0.1) is 46.1 Å². The molecule has 0 heteroatoms. The summed E-state index contributed by atoms with van der Waals surface area (Å²) in [4.78, 5) is 0. The fourth-order valence-electron chi connectivity index (χ4n) is 0. The third-order valence-electron chi connectivity index (χ3n) is 0. The minimum Gasteiger partial charge on any atom is -0.106 e. The zero-order chi connectivity index (χ0) is 20.7. The van der Waals surface area contributed by atoms with Crippen LogP contribution in [0.25, 0.3) is 0 Å². The van der Waals surface area contributed by atoms with Crippen LogP contribution < -0.4 is 0 Å². The number of hydrogen-bond acceptors (Lipinski definition) is 0. The molecule has 0 aliphatic heterocycles. The van der Waals surface area contributed by atoms with Gasteiger partial charge in [0, 0.05) is 0 Å². The van der Waals surface area contributed by atoms with Crippen molar-refractivity contribution >= 4 is 0 Å². The lowest BCUT2D eigenvalue weighted by Gasteiger charge is -1.31. The second kappa shape index (κ2) is 3820000. The molecule has 138 valence electrons. The molecule has 0 aliphatic carbocycles. The first-order valence-corrected chi connectivity index (χ1v) is 8.49. The molecule has 0 aromatic heterocycles. The Hall–Kier alpha value is -1.04. The third kappa shape index (κ3) is 5040. The zero-order valence-corrected chi connectivity index (χ0v) is 18.5. The van der Waals surface area contributed by atoms with E-state index in [9.17, 15) is 0 Å². The Kier molecular flexibility index (Phi) is 13200000. The van der Waals surface area contributed by atoms with Crippen molar-refractivity contribution < 1.29 is 0 Å². The lowest BCUT2D eigenvalue weighted by molar-refractivity contribution is 1.50. The van der Waals surface area contributed by atoms with Gasteiger partial charge in [0.15, 0.2) is 0 Å². The Labute approximate surface area is 142 Å². The summed E-state index contributed by atoms with van der Waals surface area (Å²) in [5.74, 6) is 0. The summed E-state index contributed by atoms with van der Waals surface area (Å²) >= 11 is 0. The number of allylic oxidation sites excluding steroid dienone is 1. The molecular formula is C21H54. The van der Waals surface area contributed by atoms with E-state index >= 15 is 0 Å². The number of hydrogen-bond donors (Lipinski definition) is 0. The molecule has 21 heavy (non-hydrogen) atoms. The summed E-state index contributed by atoms with van der Waals surface area (Å²) in [5.41, 5.74) is 0. The van der Waals surface area contributed by atoms with Gasteiger partial charge in [-0.1, -0.05) is 89.2 Å². The van der Waals surface area contributed by atoms with Crippen molar-refractivity contribution in [2.45, 2.75) is 90.0 Å². The van der Waals surface area contributed by atoms with Crippen LogP contribution in [0.1, 0.15) is 90.0 Å². The maximum atomic E-state index is 3.36. The van der Waals surface area contributed by atoms with Gasteiger partial charge in [-0.05, 0) is 6.92 Å². The fourth-order valence-corrected chi connectivity index (χ4v) is 0. The van der Waals surface area contributed by atoms with E-state index in [0.717, 1.165) is 0 Å². The predicted octanol–water partition coefficient (Wildman–Crippen LogP) is 9.76. The van der Waals surface area contributed by atoms with Crippen molar-refractivity contribution in [2.75, 3.05) is 0 Å². The average Bonchev–Trinajstić information content (AvgIpc) is 2.70. The maximum absolute atomic E-state index is 3.36. The van der Waals surface area contributed by atoms with E-state index in [0.29, 0.717) is 0 Å². The van der Waals surface area contributed by atoms with Crippen molar-refractivity contribution in [3.05, 3.63) is 52.1 Å². The first kappa shape index (κ1) is 72.3. The molecule has 0 radical (unpaired) electrons. The van der Waals surface area contributed by atoms with Gasteiger partial charge in [0.1, 0.15) is 0 Å². The minimum atomic E-state index is 1.75. The molecule has 0 saturated heterocycles. The van der Waals surface area contributed by atoms with Crippen LogP contribution in [0.4, 0.5) is 0 Å². The summed E-state index contributed by atoms with van der Waals surface area (Å²) in [6.45, 7) is 47.2. The van der Waals surface area contributed by atoms with Crippen LogP contribution in [0.15, 0.2) is 52.1 Å². The highest BCUT2D eigenvalue weighted by Crippen LogP contribution is 1.38. The molecule has 0 unspecified atom stereocenters. The Balaban J connectivity index is -0.00000000804. The molecule has 0 nitrogen and oxygen atoms in total. The Bertz CT molecular complexity index is 24.3. The van der Waals surface area contributed by atoms with Crippen molar-refractivity contribution in [1.82, 2.24) is 0 Å². The van der Waals surface area contributed by atoms with Crippen LogP contribution in [-0.2, 0) is 0 Å². The van der Waals surface area contributed by atoms with Crippen LogP contribution in [0, 0.1) is 0 Å². The molecule has 0 aromatic carbocycles. The average molecular weight is 307 g/mol. The SMILES string of the molecule is C=C.C=C.C=C.C=CC.CC.CC.CC.CC.CC.CC.